The van der Waals surface area contributed by atoms with Crippen LogP contribution >= 0.6 is 0 Å². The van der Waals surface area contributed by atoms with Crippen molar-refractivity contribution in [2.45, 2.75) is 0 Å². The van der Waals surface area contributed by atoms with Gasteiger partial charge < -0.3 is 0 Å². The first-order chi connectivity index (χ1) is 5.25. The van der Waals surface area contributed by atoms with Crippen LogP contribution in [-0.2, 0) is 0 Å². The molecule has 0 aliphatic heterocycles. The maximum atomic E-state index is 12.6. The van der Waals surface area contributed by atoms with E-state index in [9.17, 15) is 9.30 Å². The zero-order chi connectivity index (χ0) is 8.27. The molecule has 0 aliphatic carbocycles. The van der Waals surface area contributed by atoms with Crippen LogP contribution in [0.5, 0.6) is 0 Å². The molecule has 5 heteroatoms. The van der Waals surface area contributed by atoms with E-state index < -0.39 is 5.95 Å². The van der Waals surface area contributed by atoms with E-state index in [1.54, 1.807) is 0 Å². The third-order valence-electron chi connectivity index (χ3n) is 1.16. The summed E-state index contributed by atoms with van der Waals surface area (Å²) in [4.78, 5) is 14.4. The van der Waals surface area contributed by atoms with Gasteiger partial charge in [0, 0.05) is 12.3 Å². The van der Waals surface area contributed by atoms with E-state index in [1.165, 1.54) is 25.4 Å². The van der Waals surface area contributed by atoms with Gasteiger partial charge in [-0.3, -0.25) is 0 Å². The molecule has 0 atom stereocenters. The molecule has 0 aliphatic rings. The quantitative estimate of drug-likeness (QED) is 0.390. The number of rotatable bonds is 2. The Labute approximate surface area is 62.6 Å². The third-order valence-corrected chi connectivity index (χ3v) is 1.16. The van der Waals surface area contributed by atoms with Crippen LogP contribution in [0.1, 0.15) is 0 Å². The Morgan fingerprint density at radius 1 is 1.73 bits per heavy atom. The Kier molecular flexibility index (Phi) is 2.10. The third kappa shape index (κ3) is 1.49. The van der Waals surface area contributed by atoms with Crippen LogP contribution in [0.25, 0.3) is 0 Å². The van der Waals surface area contributed by atoms with Crippen molar-refractivity contribution < 1.29 is 9.26 Å². The molecule has 0 aromatic carbocycles. The molecule has 0 saturated heterocycles. The van der Waals surface area contributed by atoms with Crippen molar-refractivity contribution in [1.82, 2.24) is 10.4 Å². The van der Waals surface area contributed by atoms with Crippen molar-refractivity contribution in [2.24, 2.45) is 0 Å². The van der Waals surface area contributed by atoms with Crippen LogP contribution < -0.4 is 5.43 Å². The fraction of sp³-hybridized carbons (Fsp3) is 0.167. The zero-order valence-corrected chi connectivity index (χ0v) is 5.91. The van der Waals surface area contributed by atoms with Crippen molar-refractivity contribution in [3.63, 3.8) is 0 Å². The lowest BCUT2D eigenvalue weighted by atomic mass is 10.4. The van der Waals surface area contributed by atoms with Crippen LogP contribution in [0.3, 0.4) is 0 Å². The average Bonchev–Trinajstić information content (AvgIpc) is 2.04. The molecule has 0 bridgehead atoms. The normalized spacial score (nSPS) is 9.27. The maximum absolute atomic E-state index is 12.6. The molecule has 0 radical (unpaired) electrons. The SMILES string of the molecule is CN[N+](=O)c1cccnc1F. The number of hydrazine groups is 1. The fourth-order valence-corrected chi connectivity index (χ4v) is 0.649. The lowest BCUT2D eigenvalue weighted by Crippen LogP contribution is -2.17. The second kappa shape index (κ2) is 3.05. The van der Waals surface area contributed by atoms with Gasteiger partial charge in [0.05, 0.1) is 12.0 Å². The number of halogens is 1. The minimum absolute atomic E-state index is 0.116. The number of nitroso groups, excluding NO2 is 1. The second-order valence-electron chi connectivity index (χ2n) is 1.83. The molecular weight excluding hydrogens is 149 g/mol. The number of aromatic nitrogens is 1. The molecule has 1 heterocycles. The first kappa shape index (κ1) is 7.59. The van der Waals surface area contributed by atoms with Crippen LogP contribution in [0.15, 0.2) is 18.3 Å². The molecular formula is C6H7FN3O+. The van der Waals surface area contributed by atoms with Gasteiger partial charge in [0.15, 0.2) is 4.87 Å². The summed E-state index contributed by atoms with van der Waals surface area (Å²) in [5.41, 5.74) is 2.10. The summed E-state index contributed by atoms with van der Waals surface area (Å²) in [5.74, 6) is -0.781. The Balaban J connectivity index is 3.03. The summed E-state index contributed by atoms with van der Waals surface area (Å²) >= 11 is 0. The van der Waals surface area contributed by atoms with Crippen molar-refractivity contribution >= 4 is 5.69 Å². The number of hydrogen-bond acceptors (Lipinski definition) is 2. The highest BCUT2D eigenvalue weighted by molar-refractivity contribution is 5.25. The monoisotopic (exact) mass is 156 g/mol. The molecule has 0 fully saturated rings. The summed E-state index contributed by atoms with van der Waals surface area (Å²) in [7, 11) is 1.40. The van der Waals surface area contributed by atoms with Gasteiger partial charge in [-0.1, -0.05) is 0 Å². The first-order valence-corrected chi connectivity index (χ1v) is 3.01. The average molecular weight is 156 g/mol. The minimum Gasteiger partial charge on any atom is -0.222 e. The van der Waals surface area contributed by atoms with Crippen LogP contribution in [-0.4, -0.2) is 16.9 Å². The van der Waals surface area contributed by atoms with Crippen molar-refractivity contribution in [2.75, 3.05) is 7.05 Å². The van der Waals surface area contributed by atoms with Gasteiger partial charge in [-0.15, -0.1) is 5.43 Å². The Bertz CT molecular complexity index is 276. The summed E-state index contributed by atoms with van der Waals surface area (Å²) in [6, 6.07) is 2.83. The smallest absolute Gasteiger partial charge is 0.222 e. The highest BCUT2D eigenvalue weighted by Crippen LogP contribution is 2.10. The van der Waals surface area contributed by atoms with E-state index in [2.05, 4.69) is 10.4 Å². The van der Waals surface area contributed by atoms with E-state index in [1.807, 2.05) is 0 Å². The second-order valence-corrected chi connectivity index (χ2v) is 1.83. The first-order valence-electron chi connectivity index (χ1n) is 3.01. The lowest BCUT2D eigenvalue weighted by Gasteiger charge is -1.89. The molecule has 1 aromatic heterocycles. The van der Waals surface area contributed by atoms with Crippen molar-refractivity contribution in [1.29, 1.82) is 0 Å². The van der Waals surface area contributed by atoms with Crippen LogP contribution in [0.2, 0.25) is 0 Å². The highest BCUT2D eigenvalue weighted by Gasteiger charge is 2.17. The zero-order valence-electron chi connectivity index (χ0n) is 5.91. The number of nitrogens with zero attached hydrogens (tertiary/aromatic N) is 2. The molecule has 0 amide bonds. The van der Waals surface area contributed by atoms with E-state index in [-0.39, 0.29) is 5.69 Å². The Hall–Kier alpha value is -1.52. The topological polar surface area (TPSA) is 45.0 Å². The maximum Gasteiger partial charge on any atom is 0.346 e. The van der Waals surface area contributed by atoms with E-state index in [4.69, 9.17) is 0 Å². The molecule has 1 rings (SSSR count). The van der Waals surface area contributed by atoms with Gasteiger partial charge in [-0.05, 0) is 6.07 Å². The highest BCUT2D eigenvalue weighted by atomic mass is 19.1. The predicted octanol–water partition coefficient (Wildman–Crippen LogP) is 0.766. The molecule has 1 N–H and O–H groups in total. The van der Waals surface area contributed by atoms with Gasteiger partial charge in [0.25, 0.3) is 5.95 Å². The summed E-state index contributed by atoms with van der Waals surface area (Å²) in [5, 5.41) is 0. The predicted molar refractivity (Wildman–Crippen MR) is 36.5 cm³/mol. The van der Waals surface area contributed by atoms with Gasteiger partial charge >= 0.3 is 5.69 Å². The van der Waals surface area contributed by atoms with Crippen molar-refractivity contribution in [3.8, 4) is 0 Å². The van der Waals surface area contributed by atoms with Gasteiger partial charge in [0.1, 0.15) is 0 Å². The summed E-state index contributed by atoms with van der Waals surface area (Å²) in [6.07, 6.45) is 1.28. The molecule has 0 saturated carbocycles. The molecule has 0 unspecified atom stereocenters. The van der Waals surface area contributed by atoms with E-state index >= 15 is 0 Å². The fourth-order valence-electron chi connectivity index (χ4n) is 0.649. The lowest BCUT2D eigenvalue weighted by molar-refractivity contribution is -0.525. The number of hydrogen-bond donors (Lipinski definition) is 1. The molecule has 11 heavy (non-hydrogen) atoms. The number of nitrogens with one attached hydrogen (secondary N) is 1. The molecule has 0 spiro atoms. The standard InChI is InChI=1S/C6H7FN3O/c1-8-10(11)5-3-2-4-9-6(5)7/h2-4H,1H3,(H,8,11)/q+1. The summed E-state index contributed by atoms with van der Waals surface area (Å²) < 4.78 is 12.6. The van der Waals surface area contributed by atoms with Gasteiger partial charge in [-0.2, -0.15) is 4.39 Å². The molecule has 58 valence electrons. The summed E-state index contributed by atoms with van der Waals surface area (Å²) in [6.45, 7) is 0. The van der Waals surface area contributed by atoms with E-state index in [0.29, 0.717) is 4.87 Å². The largest absolute Gasteiger partial charge is 0.346 e. The number of pyridine rings is 1. The van der Waals surface area contributed by atoms with Crippen LogP contribution in [0, 0.1) is 10.9 Å². The molecule has 4 nitrogen and oxygen atoms in total. The van der Waals surface area contributed by atoms with Gasteiger partial charge in [-0.25, -0.2) is 4.98 Å². The van der Waals surface area contributed by atoms with Gasteiger partial charge in [0.2, 0.25) is 0 Å². The van der Waals surface area contributed by atoms with Crippen LogP contribution in [0.4, 0.5) is 10.1 Å². The van der Waals surface area contributed by atoms with E-state index in [0.717, 1.165) is 0 Å². The minimum atomic E-state index is -0.781. The molecule has 1 aromatic rings. The Morgan fingerprint density at radius 3 is 3.00 bits per heavy atom. The van der Waals surface area contributed by atoms with Crippen molar-refractivity contribution in [3.05, 3.63) is 29.2 Å². The Morgan fingerprint density at radius 2 is 2.45 bits per heavy atom.